The summed E-state index contributed by atoms with van der Waals surface area (Å²) < 4.78 is 32.3. The van der Waals surface area contributed by atoms with Crippen molar-refractivity contribution in [1.29, 1.82) is 0 Å². The van der Waals surface area contributed by atoms with Gasteiger partial charge in [-0.05, 0) is 42.3 Å². The number of amides is 2. The van der Waals surface area contributed by atoms with Gasteiger partial charge in [-0.2, -0.15) is 4.39 Å². The molecule has 2 amide bonds. The highest BCUT2D eigenvalue weighted by Crippen LogP contribution is 2.37. The second kappa shape index (κ2) is 7.59. The number of nitrogens with one attached hydrogen (secondary N) is 2. The number of aryl methyl sites for hydroxylation is 1. The summed E-state index contributed by atoms with van der Waals surface area (Å²) in [5, 5.41) is 5.67. The number of rotatable bonds is 4. The molecule has 2 N–H and O–H groups in total. The molecule has 0 saturated heterocycles. The van der Waals surface area contributed by atoms with Crippen molar-refractivity contribution in [1.82, 2.24) is 5.32 Å². The van der Waals surface area contributed by atoms with Crippen LogP contribution in [0, 0.1) is 18.6 Å². The van der Waals surface area contributed by atoms with Crippen molar-refractivity contribution in [2.45, 2.75) is 13.0 Å². The van der Waals surface area contributed by atoms with Crippen LogP contribution >= 0.6 is 0 Å². The van der Waals surface area contributed by atoms with Crippen LogP contribution in [-0.2, 0) is 0 Å². The number of carbonyl (C=O) groups is 2. The lowest BCUT2D eigenvalue weighted by molar-refractivity contribution is 0.0959. The van der Waals surface area contributed by atoms with Crippen LogP contribution in [0.15, 0.2) is 54.6 Å². The van der Waals surface area contributed by atoms with Crippen LogP contribution in [0.2, 0.25) is 0 Å². The number of hydrogen-bond donors (Lipinski definition) is 2. The number of carbonyl (C=O) groups excluding carboxylic acids is 2. The lowest BCUT2D eigenvalue weighted by atomic mass is 9.93. The first-order chi connectivity index (χ1) is 14.4. The number of halogens is 2. The molecule has 3 aromatic carbocycles. The summed E-state index contributed by atoms with van der Waals surface area (Å²) in [5.74, 6) is -3.61. The Morgan fingerprint density at radius 2 is 1.87 bits per heavy atom. The Morgan fingerprint density at radius 1 is 1.10 bits per heavy atom. The van der Waals surface area contributed by atoms with Crippen molar-refractivity contribution in [3.05, 3.63) is 94.0 Å². The monoisotopic (exact) mass is 408 g/mol. The van der Waals surface area contributed by atoms with E-state index < -0.39 is 23.6 Å². The molecule has 0 saturated carbocycles. The molecule has 1 aliphatic rings. The first-order valence-electron chi connectivity index (χ1n) is 9.24. The number of methoxy groups -OCH3 is 1. The van der Waals surface area contributed by atoms with Crippen LogP contribution in [0.5, 0.6) is 5.75 Å². The van der Waals surface area contributed by atoms with Crippen molar-refractivity contribution in [2.75, 3.05) is 12.4 Å². The molecule has 0 aliphatic carbocycles. The number of ether oxygens (including phenoxy) is 1. The summed E-state index contributed by atoms with van der Waals surface area (Å²) in [4.78, 5) is 25.3. The molecule has 152 valence electrons. The highest BCUT2D eigenvalue weighted by atomic mass is 19.2. The van der Waals surface area contributed by atoms with Gasteiger partial charge >= 0.3 is 0 Å². The molecule has 1 heterocycles. The predicted molar refractivity (Wildman–Crippen MR) is 108 cm³/mol. The van der Waals surface area contributed by atoms with Gasteiger partial charge in [0.05, 0.1) is 13.2 Å². The number of fused-ring (bicyclic) bond motifs is 1. The summed E-state index contributed by atoms with van der Waals surface area (Å²) >= 11 is 0. The van der Waals surface area contributed by atoms with Crippen molar-refractivity contribution in [3.63, 3.8) is 0 Å². The molecule has 5 nitrogen and oxygen atoms in total. The van der Waals surface area contributed by atoms with Gasteiger partial charge in [-0.1, -0.05) is 30.3 Å². The van der Waals surface area contributed by atoms with Crippen LogP contribution in [0.4, 0.5) is 14.5 Å². The second-order valence-corrected chi connectivity index (χ2v) is 6.96. The van der Waals surface area contributed by atoms with Crippen LogP contribution in [0.25, 0.3) is 0 Å². The van der Waals surface area contributed by atoms with Crippen LogP contribution in [0.3, 0.4) is 0 Å². The van der Waals surface area contributed by atoms with E-state index in [1.165, 1.54) is 7.11 Å². The minimum atomic E-state index is -1.19. The predicted octanol–water partition coefficient (Wildman–Crippen LogP) is 4.37. The van der Waals surface area contributed by atoms with Gasteiger partial charge in [-0.3, -0.25) is 9.59 Å². The van der Waals surface area contributed by atoms with E-state index in [2.05, 4.69) is 10.6 Å². The Bertz CT molecular complexity index is 1180. The quantitative estimate of drug-likeness (QED) is 0.674. The molecule has 0 spiro atoms. The lowest BCUT2D eigenvalue weighted by Crippen LogP contribution is -2.21. The molecule has 4 rings (SSSR count). The minimum absolute atomic E-state index is 0.104. The molecule has 0 aromatic heterocycles. The maximum absolute atomic E-state index is 13.8. The normalized spacial score (nSPS) is 14.8. The topological polar surface area (TPSA) is 67.4 Å². The molecule has 0 fully saturated rings. The van der Waals surface area contributed by atoms with E-state index in [0.717, 1.165) is 23.3 Å². The largest absolute Gasteiger partial charge is 0.494 e. The Labute approximate surface area is 171 Å². The molecule has 0 radical (unpaired) electrons. The summed E-state index contributed by atoms with van der Waals surface area (Å²) in [6.45, 7) is 1.94. The molecule has 1 atom stereocenters. The zero-order valence-corrected chi connectivity index (χ0v) is 16.3. The lowest BCUT2D eigenvalue weighted by Gasteiger charge is -2.18. The van der Waals surface area contributed by atoms with Gasteiger partial charge in [0.15, 0.2) is 11.6 Å². The van der Waals surface area contributed by atoms with Crippen molar-refractivity contribution < 1.29 is 23.1 Å². The van der Waals surface area contributed by atoms with Gasteiger partial charge in [-0.15, -0.1) is 0 Å². The summed E-state index contributed by atoms with van der Waals surface area (Å²) in [6.07, 6.45) is 0. The maximum atomic E-state index is 13.8. The van der Waals surface area contributed by atoms with Crippen molar-refractivity contribution in [3.8, 4) is 5.75 Å². The first kappa shape index (κ1) is 19.6. The fraction of sp³-hybridized carbons (Fsp3) is 0.130. The number of hydrogen-bond acceptors (Lipinski definition) is 3. The van der Waals surface area contributed by atoms with Crippen LogP contribution in [-0.4, -0.2) is 18.9 Å². The minimum Gasteiger partial charge on any atom is -0.494 e. The number of benzene rings is 3. The summed E-state index contributed by atoms with van der Waals surface area (Å²) in [7, 11) is 1.19. The Morgan fingerprint density at radius 3 is 2.60 bits per heavy atom. The third-order valence-corrected chi connectivity index (χ3v) is 5.14. The fourth-order valence-electron chi connectivity index (χ4n) is 3.65. The van der Waals surface area contributed by atoms with E-state index in [9.17, 15) is 18.4 Å². The van der Waals surface area contributed by atoms with E-state index in [4.69, 9.17) is 4.74 Å². The summed E-state index contributed by atoms with van der Waals surface area (Å²) in [6, 6.07) is 14.1. The third-order valence-electron chi connectivity index (χ3n) is 5.14. The Balaban J connectivity index is 1.74. The molecule has 3 aromatic rings. The van der Waals surface area contributed by atoms with Gasteiger partial charge in [0.25, 0.3) is 11.8 Å². The van der Waals surface area contributed by atoms with Gasteiger partial charge in [0.1, 0.15) is 0 Å². The molecular weight excluding hydrogens is 390 g/mol. The maximum Gasteiger partial charge on any atom is 0.255 e. The first-order valence-corrected chi connectivity index (χ1v) is 9.24. The Hall–Kier alpha value is -3.74. The van der Waals surface area contributed by atoms with E-state index in [1.807, 2.05) is 31.2 Å². The van der Waals surface area contributed by atoms with Gasteiger partial charge in [0, 0.05) is 22.4 Å². The van der Waals surface area contributed by atoms with Crippen molar-refractivity contribution >= 4 is 17.5 Å². The average Bonchev–Trinajstić information content (AvgIpc) is 3.07. The van der Waals surface area contributed by atoms with Crippen molar-refractivity contribution in [2.24, 2.45) is 0 Å². The fourth-order valence-corrected chi connectivity index (χ4v) is 3.65. The molecule has 7 heteroatoms. The van der Waals surface area contributed by atoms with Gasteiger partial charge in [0.2, 0.25) is 5.82 Å². The molecule has 30 heavy (non-hydrogen) atoms. The molecular formula is C23H18F2N2O3. The highest BCUT2D eigenvalue weighted by Gasteiger charge is 2.33. The Kier molecular flexibility index (Phi) is 4.95. The average molecular weight is 408 g/mol. The SMILES string of the molecule is COc1cc(C(=O)Nc2cccc3c2C(c2ccccc2C)NC3=O)cc(F)c1F. The smallest absolute Gasteiger partial charge is 0.255 e. The standard InChI is InChI=1S/C23H18F2N2O3/c1-12-6-3-4-7-14(12)21-19-15(23(29)27-21)8-5-9-17(19)26-22(28)13-10-16(24)20(25)18(11-13)30-2/h3-11,21H,1-2H3,(H,26,28)(H,27,29). The molecule has 1 unspecified atom stereocenters. The van der Waals surface area contributed by atoms with E-state index in [0.29, 0.717) is 16.8 Å². The zero-order chi connectivity index (χ0) is 21.4. The second-order valence-electron chi connectivity index (χ2n) is 6.96. The molecule has 0 bridgehead atoms. The van der Waals surface area contributed by atoms with Crippen LogP contribution < -0.4 is 15.4 Å². The van der Waals surface area contributed by atoms with E-state index >= 15 is 0 Å². The highest BCUT2D eigenvalue weighted by molar-refractivity contribution is 6.08. The summed E-state index contributed by atoms with van der Waals surface area (Å²) in [5.41, 5.74) is 3.27. The van der Waals surface area contributed by atoms with Crippen LogP contribution in [0.1, 0.15) is 43.4 Å². The van der Waals surface area contributed by atoms with E-state index in [1.54, 1.807) is 18.2 Å². The van der Waals surface area contributed by atoms with Gasteiger partial charge in [-0.25, -0.2) is 4.39 Å². The third kappa shape index (κ3) is 3.28. The van der Waals surface area contributed by atoms with Gasteiger partial charge < -0.3 is 15.4 Å². The molecule has 1 aliphatic heterocycles. The number of anilines is 1. The van der Waals surface area contributed by atoms with E-state index in [-0.39, 0.29) is 17.2 Å². The zero-order valence-electron chi connectivity index (χ0n) is 16.3.